The Balaban J connectivity index is 3.29. The first-order valence-electron chi connectivity index (χ1n) is 2.68. The summed E-state index contributed by atoms with van der Waals surface area (Å²) >= 11 is 0. The molecule has 0 bridgehead atoms. The van der Waals surface area contributed by atoms with Crippen molar-refractivity contribution in [2.24, 2.45) is 0 Å². The van der Waals surface area contributed by atoms with E-state index < -0.39 is 0 Å². The summed E-state index contributed by atoms with van der Waals surface area (Å²) in [7, 11) is 1.76. The highest BCUT2D eigenvalue weighted by molar-refractivity contribution is 4.82. The molecule has 0 aliphatic heterocycles. The molecule has 0 aliphatic rings. The molecule has 1 unspecified atom stereocenters. The molecule has 1 atom stereocenters. The molecule has 0 amide bonds. The third-order valence-electron chi connectivity index (χ3n) is 0.699. The first-order chi connectivity index (χ1) is 4.31. The van der Waals surface area contributed by atoms with Gasteiger partial charge in [0.2, 0.25) is 0 Å². The molecule has 1 N–H and O–H groups in total. The highest BCUT2D eigenvalue weighted by atomic mass is 16.5. The Labute approximate surface area is 54.9 Å². The predicted molar refractivity (Wildman–Crippen MR) is 34.4 cm³/mol. The van der Waals surface area contributed by atoms with Gasteiger partial charge in [-0.1, -0.05) is 0 Å². The third-order valence-corrected chi connectivity index (χ3v) is 0.699. The van der Waals surface area contributed by atoms with Gasteiger partial charge in [-0.15, -0.1) is 0 Å². The summed E-state index contributed by atoms with van der Waals surface area (Å²) in [5.41, 5.74) is 0. The zero-order chi connectivity index (χ0) is 7.11. The lowest BCUT2D eigenvalue weighted by molar-refractivity contribution is 0.209. The van der Waals surface area contributed by atoms with Gasteiger partial charge in [0, 0.05) is 13.2 Å². The lowest BCUT2D eigenvalue weighted by Gasteiger charge is -1.98. The lowest BCUT2D eigenvalue weighted by Crippen LogP contribution is -2.00. The number of hydrogen-bond acceptors (Lipinski definition) is 3. The molecule has 0 spiro atoms. The van der Waals surface area contributed by atoms with Gasteiger partial charge in [0.25, 0.3) is 0 Å². The maximum atomic E-state index is 8.20. The van der Waals surface area contributed by atoms with E-state index in [-0.39, 0.29) is 6.10 Å². The van der Waals surface area contributed by atoms with E-state index in [1.807, 2.05) is 6.07 Å². The van der Waals surface area contributed by atoms with E-state index in [0.717, 1.165) is 0 Å². The summed E-state index contributed by atoms with van der Waals surface area (Å²) in [4.78, 5) is 0. The summed E-state index contributed by atoms with van der Waals surface area (Å²) in [5.74, 6) is 0. The van der Waals surface area contributed by atoms with E-state index in [4.69, 9.17) is 10.00 Å². The summed E-state index contributed by atoms with van der Waals surface area (Å²) in [5, 5.41) is 10.9. The number of nitriles is 1. The second kappa shape index (κ2) is 4.98. The van der Waals surface area contributed by atoms with Gasteiger partial charge in [0.15, 0.2) is 6.10 Å². The van der Waals surface area contributed by atoms with Crippen LogP contribution in [0.5, 0.6) is 0 Å². The van der Waals surface area contributed by atoms with Crippen molar-refractivity contribution in [3.05, 3.63) is 12.5 Å². The normalized spacial score (nSPS) is 12.6. The second-order valence-corrected chi connectivity index (χ2v) is 1.50. The summed E-state index contributed by atoms with van der Waals surface area (Å²) in [6, 6.07) is 1.92. The molecule has 0 fully saturated rings. The van der Waals surface area contributed by atoms with E-state index in [0.29, 0.717) is 0 Å². The van der Waals surface area contributed by atoms with Crippen molar-refractivity contribution in [2.45, 2.75) is 13.0 Å². The maximum absolute atomic E-state index is 8.20. The monoisotopic (exact) mass is 126 g/mol. The van der Waals surface area contributed by atoms with Crippen LogP contribution in [-0.2, 0) is 4.74 Å². The van der Waals surface area contributed by atoms with Crippen molar-refractivity contribution in [1.82, 2.24) is 5.32 Å². The molecule has 0 rings (SSSR count). The van der Waals surface area contributed by atoms with Gasteiger partial charge < -0.3 is 10.1 Å². The number of nitrogens with one attached hydrogen (secondary N) is 1. The van der Waals surface area contributed by atoms with Crippen molar-refractivity contribution in [2.75, 3.05) is 7.05 Å². The fourth-order valence-corrected chi connectivity index (χ4v) is 0.256. The van der Waals surface area contributed by atoms with Gasteiger partial charge in [-0.25, -0.2) is 0 Å². The molecule has 3 nitrogen and oxygen atoms in total. The van der Waals surface area contributed by atoms with Gasteiger partial charge in [-0.3, -0.25) is 0 Å². The molecule has 3 heteroatoms. The minimum absolute atomic E-state index is 0.366. The van der Waals surface area contributed by atoms with Crippen molar-refractivity contribution < 1.29 is 4.74 Å². The quantitative estimate of drug-likeness (QED) is 0.563. The van der Waals surface area contributed by atoms with Gasteiger partial charge in [-0.05, 0) is 6.92 Å². The number of rotatable bonds is 3. The van der Waals surface area contributed by atoms with E-state index >= 15 is 0 Å². The average Bonchev–Trinajstić information content (AvgIpc) is 1.89. The topological polar surface area (TPSA) is 45.0 Å². The molecule has 0 aromatic rings. The highest BCUT2D eigenvalue weighted by Gasteiger charge is 1.91. The Kier molecular flexibility index (Phi) is 4.33. The van der Waals surface area contributed by atoms with Gasteiger partial charge in [-0.2, -0.15) is 5.26 Å². The Morgan fingerprint density at radius 3 is 2.89 bits per heavy atom. The highest BCUT2D eigenvalue weighted by Crippen LogP contribution is 1.86. The summed E-state index contributed by atoms with van der Waals surface area (Å²) in [6.45, 7) is 1.68. The summed E-state index contributed by atoms with van der Waals surface area (Å²) in [6.07, 6.45) is 2.71. The fraction of sp³-hybridized carbons (Fsp3) is 0.500. The van der Waals surface area contributed by atoms with Crippen LogP contribution >= 0.6 is 0 Å². The second-order valence-electron chi connectivity index (χ2n) is 1.50. The molecule has 0 aromatic heterocycles. The van der Waals surface area contributed by atoms with E-state index in [1.54, 1.807) is 20.2 Å². The molecule has 0 aromatic carbocycles. The lowest BCUT2D eigenvalue weighted by atomic mass is 10.5. The molecule has 0 heterocycles. The number of ether oxygens (including phenoxy) is 1. The molecule has 0 radical (unpaired) electrons. The Hall–Kier alpha value is -1.17. The molecular formula is C6H10N2O. The average molecular weight is 126 g/mol. The molecule has 50 valence electrons. The zero-order valence-electron chi connectivity index (χ0n) is 5.59. The van der Waals surface area contributed by atoms with Crippen LogP contribution in [0, 0.1) is 11.3 Å². The van der Waals surface area contributed by atoms with Crippen LogP contribution in [0.15, 0.2) is 12.5 Å². The number of hydrogen-bond donors (Lipinski definition) is 1. The molecular weight excluding hydrogens is 116 g/mol. The molecule has 0 saturated carbocycles. The Morgan fingerprint density at radius 1 is 1.78 bits per heavy atom. The molecule has 0 aliphatic carbocycles. The van der Waals surface area contributed by atoms with Crippen LogP contribution in [-0.4, -0.2) is 13.2 Å². The van der Waals surface area contributed by atoms with E-state index in [2.05, 4.69) is 5.32 Å². The van der Waals surface area contributed by atoms with Crippen LogP contribution in [0.25, 0.3) is 0 Å². The van der Waals surface area contributed by atoms with Crippen molar-refractivity contribution in [3.63, 3.8) is 0 Å². The van der Waals surface area contributed by atoms with Gasteiger partial charge >= 0.3 is 0 Å². The van der Waals surface area contributed by atoms with Gasteiger partial charge in [0.1, 0.15) is 12.3 Å². The SMILES string of the molecule is CN/C=C\OC(C)C#N. The molecule has 0 saturated heterocycles. The standard InChI is InChI=1S/C6H10N2O/c1-6(5-7)9-4-3-8-2/h3-4,6,8H,1-2H3/b4-3-. The smallest absolute Gasteiger partial charge is 0.180 e. The Bertz CT molecular complexity index is 126. The number of nitrogens with zero attached hydrogens (tertiary/aromatic N) is 1. The van der Waals surface area contributed by atoms with E-state index in [1.165, 1.54) is 6.26 Å². The van der Waals surface area contributed by atoms with Crippen LogP contribution in [0.2, 0.25) is 0 Å². The van der Waals surface area contributed by atoms with Crippen molar-refractivity contribution in [3.8, 4) is 6.07 Å². The molecule has 9 heavy (non-hydrogen) atoms. The predicted octanol–water partition coefficient (Wildman–Crippen LogP) is 0.606. The minimum atomic E-state index is -0.366. The third kappa shape index (κ3) is 4.69. The Morgan fingerprint density at radius 2 is 2.44 bits per heavy atom. The van der Waals surface area contributed by atoms with Gasteiger partial charge in [0.05, 0.1) is 0 Å². The zero-order valence-corrected chi connectivity index (χ0v) is 5.59. The maximum Gasteiger partial charge on any atom is 0.180 e. The largest absolute Gasteiger partial charge is 0.482 e. The first kappa shape index (κ1) is 7.83. The van der Waals surface area contributed by atoms with Crippen molar-refractivity contribution in [1.29, 1.82) is 5.26 Å². The summed E-state index contributed by atoms with van der Waals surface area (Å²) < 4.78 is 4.83. The van der Waals surface area contributed by atoms with Crippen molar-refractivity contribution >= 4 is 0 Å². The minimum Gasteiger partial charge on any atom is -0.482 e. The first-order valence-corrected chi connectivity index (χ1v) is 2.68. The fourth-order valence-electron chi connectivity index (χ4n) is 0.256. The van der Waals surface area contributed by atoms with Crippen LogP contribution in [0.3, 0.4) is 0 Å². The van der Waals surface area contributed by atoms with E-state index in [9.17, 15) is 0 Å². The van der Waals surface area contributed by atoms with Crippen LogP contribution in [0.1, 0.15) is 6.92 Å². The van der Waals surface area contributed by atoms with Crippen LogP contribution < -0.4 is 5.32 Å². The van der Waals surface area contributed by atoms with Crippen LogP contribution in [0.4, 0.5) is 0 Å².